The quantitative estimate of drug-likeness (QED) is 0.301. The average molecular weight is 470 g/mol. The van der Waals surface area contributed by atoms with E-state index in [1.54, 1.807) is 18.3 Å². The highest BCUT2D eigenvalue weighted by Gasteiger charge is 2.42. The van der Waals surface area contributed by atoms with Crippen molar-refractivity contribution in [3.05, 3.63) is 108 Å². The van der Waals surface area contributed by atoms with Crippen LogP contribution < -0.4 is 10.2 Å². The molecule has 1 fully saturated rings. The predicted octanol–water partition coefficient (Wildman–Crippen LogP) is 5.61. The van der Waals surface area contributed by atoms with Crippen LogP contribution in [-0.4, -0.2) is 23.2 Å². The van der Waals surface area contributed by atoms with E-state index in [-0.39, 0.29) is 18.1 Å². The third-order valence-electron chi connectivity index (χ3n) is 5.86. The molecule has 2 aromatic carbocycles. The van der Waals surface area contributed by atoms with Crippen LogP contribution in [0.5, 0.6) is 0 Å². The van der Waals surface area contributed by atoms with Gasteiger partial charge in [0.15, 0.2) is 5.11 Å². The smallest absolute Gasteiger partial charge is 0.337 e. The summed E-state index contributed by atoms with van der Waals surface area (Å²) in [5.41, 5.74) is 4.25. The van der Waals surface area contributed by atoms with Crippen LogP contribution >= 0.6 is 12.2 Å². The van der Waals surface area contributed by atoms with Crippen LogP contribution in [-0.2, 0) is 4.74 Å². The lowest BCUT2D eigenvalue weighted by Crippen LogP contribution is -2.29. The molecule has 1 aliphatic heterocycles. The Kier molecular flexibility index (Phi) is 5.86. The minimum absolute atomic E-state index is 0.199. The molecule has 0 bridgehead atoms. The zero-order valence-corrected chi connectivity index (χ0v) is 19.6. The number of furan rings is 1. The number of carbonyl (C=O) groups is 1. The number of methoxy groups -OCH3 is 1. The number of nitrogens with zero attached hydrogens (tertiary/aromatic N) is 2. The molecule has 0 amide bonds. The average Bonchev–Trinajstić information content (AvgIpc) is 3.49. The molecule has 0 unspecified atom stereocenters. The fourth-order valence-electron chi connectivity index (χ4n) is 4.28. The largest absolute Gasteiger partial charge is 0.465 e. The lowest BCUT2D eigenvalue weighted by Gasteiger charge is -2.26. The zero-order chi connectivity index (χ0) is 23.7. The van der Waals surface area contributed by atoms with E-state index < -0.39 is 0 Å². The number of pyridine rings is 1. The van der Waals surface area contributed by atoms with Crippen molar-refractivity contribution in [2.24, 2.45) is 0 Å². The van der Waals surface area contributed by atoms with Gasteiger partial charge >= 0.3 is 5.97 Å². The van der Waals surface area contributed by atoms with Gasteiger partial charge in [0, 0.05) is 17.4 Å². The standard InChI is InChI=1S/C27H23N3O3S/c1-17-7-5-10-20(15-17)30-25(24(29-27(30)34)21-11-3-4-14-28-21)23-13-12-22(33-23)18-8-6-9-19(16-18)26(31)32-2/h3-16,24-25H,1-2H3,(H,29,34)/t24-,25-/m1/s1. The first-order chi connectivity index (χ1) is 16.5. The maximum absolute atomic E-state index is 12.0. The highest BCUT2D eigenvalue weighted by molar-refractivity contribution is 7.80. The Morgan fingerprint density at radius 3 is 2.68 bits per heavy atom. The summed E-state index contributed by atoms with van der Waals surface area (Å²) < 4.78 is 11.2. The first kappa shape index (κ1) is 21.9. The highest BCUT2D eigenvalue weighted by atomic mass is 32.1. The highest BCUT2D eigenvalue weighted by Crippen LogP contribution is 2.43. The molecule has 0 spiro atoms. The van der Waals surface area contributed by atoms with Crippen LogP contribution in [0.25, 0.3) is 11.3 Å². The number of rotatable bonds is 5. The van der Waals surface area contributed by atoms with Gasteiger partial charge in [0.1, 0.15) is 17.6 Å². The maximum atomic E-state index is 12.0. The van der Waals surface area contributed by atoms with Gasteiger partial charge in [-0.05, 0) is 73.2 Å². The summed E-state index contributed by atoms with van der Waals surface area (Å²) in [7, 11) is 1.37. The van der Waals surface area contributed by atoms with E-state index in [0.29, 0.717) is 16.4 Å². The summed E-state index contributed by atoms with van der Waals surface area (Å²) in [6.45, 7) is 2.06. The van der Waals surface area contributed by atoms with E-state index in [2.05, 4.69) is 34.3 Å². The van der Waals surface area contributed by atoms with Gasteiger partial charge in [-0.2, -0.15) is 0 Å². The molecule has 7 heteroatoms. The van der Waals surface area contributed by atoms with Crippen molar-refractivity contribution in [3.8, 4) is 11.3 Å². The molecule has 1 aliphatic rings. The number of hydrogen-bond acceptors (Lipinski definition) is 5. The lowest BCUT2D eigenvalue weighted by molar-refractivity contribution is 0.0601. The molecule has 34 heavy (non-hydrogen) atoms. The Labute approximate surface area is 203 Å². The minimum Gasteiger partial charge on any atom is -0.465 e. The summed E-state index contributed by atoms with van der Waals surface area (Å²) in [5.74, 6) is 1.00. The third-order valence-corrected chi connectivity index (χ3v) is 6.18. The van der Waals surface area contributed by atoms with Crippen molar-refractivity contribution in [1.29, 1.82) is 0 Å². The van der Waals surface area contributed by atoms with Crippen LogP contribution in [0.2, 0.25) is 0 Å². The number of ether oxygens (including phenoxy) is 1. The molecule has 5 rings (SSSR count). The summed E-state index contributed by atoms with van der Waals surface area (Å²) in [4.78, 5) is 18.6. The van der Waals surface area contributed by atoms with Crippen LogP contribution in [0.1, 0.15) is 39.5 Å². The molecule has 6 nitrogen and oxygen atoms in total. The number of thiocarbonyl (C=S) groups is 1. The number of carbonyl (C=O) groups excluding carboxylic acids is 1. The normalized spacial score (nSPS) is 17.5. The number of hydrogen-bond donors (Lipinski definition) is 1. The van der Waals surface area contributed by atoms with Gasteiger partial charge in [0.25, 0.3) is 0 Å². The van der Waals surface area contributed by atoms with Crippen molar-refractivity contribution in [3.63, 3.8) is 0 Å². The molecule has 0 aliphatic carbocycles. The third kappa shape index (κ3) is 4.06. The molecule has 2 aromatic heterocycles. The van der Waals surface area contributed by atoms with Crippen LogP contribution in [0, 0.1) is 6.92 Å². The van der Waals surface area contributed by atoms with Gasteiger partial charge in [-0.25, -0.2) is 4.79 Å². The number of anilines is 1. The fraction of sp³-hybridized carbons (Fsp3) is 0.148. The van der Waals surface area contributed by atoms with E-state index in [0.717, 1.165) is 28.3 Å². The summed E-state index contributed by atoms with van der Waals surface area (Å²) in [6, 6.07) is 24.7. The van der Waals surface area contributed by atoms with Crippen molar-refractivity contribution >= 4 is 29.0 Å². The summed E-state index contributed by atoms with van der Waals surface area (Å²) in [6.07, 6.45) is 1.78. The summed E-state index contributed by atoms with van der Waals surface area (Å²) >= 11 is 5.77. The number of esters is 1. The summed E-state index contributed by atoms with van der Waals surface area (Å²) in [5, 5.41) is 4.05. The molecule has 170 valence electrons. The number of aryl methyl sites for hydroxylation is 1. The molecular weight excluding hydrogens is 446 g/mol. The van der Waals surface area contributed by atoms with Crippen molar-refractivity contribution in [2.45, 2.75) is 19.0 Å². The number of aromatic nitrogens is 1. The van der Waals surface area contributed by atoms with E-state index >= 15 is 0 Å². The lowest BCUT2D eigenvalue weighted by atomic mass is 10.0. The van der Waals surface area contributed by atoms with Gasteiger partial charge in [-0.15, -0.1) is 0 Å². The Bertz CT molecular complexity index is 1350. The number of benzene rings is 2. The van der Waals surface area contributed by atoms with E-state index in [4.69, 9.17) is 21.4 Å². The zero-order valence-electron chi connectivity index (χ0n) is 18.8. The second kappa shape index (κ2) is 9.11. The van der Waals surface area contributed by atoms with E-state index in [9.17, 15) is 4.79 Å². The minimum atomic E-state index is -0.389. The predicted molar refractivity (Wildman–Crippen MR) is 135 cm³/mol. The topological polar surface area (TPSA) is 67.6 Å². The Morgan fingerprint density at radius 2 is 1.91 bits per heavy atom. The van der Waals surface area contributed by atoms with Gasteiger partial charge in [0.2, 0.25) is 0 Å². The van der Waals surface area contributed by atoms with Crippen LogP contribution in [0.4, 0.5) is 5.69 Å². The van der Waals surface area contributed by atoms with Crippen molar-refractivity contribution < 1.29 is 13.9 Å². The Hall–Kier alpha value is -3.97. The molecule has 1 saturated heterocycles. The first-order valence-electron chi connectivity index (χ1n) is 10.9. The van der Waals surface area contributed by atoms with Gasteiger partial charge in [0.05, 0.1) is 24.4 Å². The van der Waals surface area contributed by atoms with E-state index in [1.807, 2.05) is 54.6 Å². The fourth-order valence-corrected chi connectivity index (χ4v) is 4.63. The monoisotopic (exact) mass is 469 g/mol. The molecule has 1 N–H and O–H groups in total. The Balaban J connectivity index is 1.58. The number of nitrogens with one attached hydrogen (secondary N) is 1. The second-order valence-electron chi connectivity index (χ2n) is 8.11. The molecular formula is C27H23N3O3S. The van der Waals surface area contributed by atoms with Gasteiger partial charge in [-0.3, -0.25) is 4.98 Å². The molecule has 0 radical (unpaired) electrons. The maximum Gasteiger partial charge on any atom is 0.337 e. The first-order valence-corrected chi connectivity index (χ1v) is 11.3. The molecule has 3 heterocycles. The Morgan fingerprint density at radius 1 is 1.06 bits per heavy atom. The molecule has 4 aromatic rings. The van der Waals surface area contributed by atoms with Crippen LogP contribution in [0.3, 0.4) is 0 Å². The molecule has 0 saturated carbocycles. The SMILES string of the molecule is COC(=O)c1cccc(-c2ccc([C@@H]3[C@@H](c4ccccn4)NC(=S)N3c3cccc(C)c3)o2)c1. The van der Waals surface area contributed by atoms with Crippen molar-refractivity contribution in [2.75, 3.05) is 12.0 Å². The molecule has 2 atom stereocenters. The second-order valence-corrected chi connectivity index (χ2v) is 8.50. The van der Waals surface area contributed by atoms with Crippen LogP contribution in [0.15, 0.2) is 89.5 Å². The van der Waals surface area contributed by atoms with E-state index in [1.165, 1.54) is 7.11 Å². The van der Waals surface area contributed by atoms with Gasteiger partial charge in [-0.1, -0.05) is 30.3 Å². The van der Waals surface area contributed by atoms with Crippen molar-refractivity contribution in [1.82, 2.24) is 10.3 Å². The van der Waals surface area contributed by atoms with Gasteiger partial charge < -0.3 is 19.4 Å².